The highest BCUT2D eigenvalue weighted by atomic mass is 19.1. The van der Waals surface area contributed by atoms with Crippen molar-refractivity contribution in [1.29, 1.82) is 0 Å². The Balaban J connectivity index is 1.76. The molecule has 1 saturated heterocycles. The molecular formula is C19H21F2NO. The number of rotatable bonds is 4. The molecule has 0 radical (unpaired) electrons. The predicted molar refractivity (Wildman–Crippen MR) is 87.2 cm³/mol. The molecule has 2 unspecified atom stereocenters. The van der Waals surface area contributed by atoms with Gasteiger partial charge < -0.3 is 10.1 Å². The Kier molecular flexibility index (Phi) is 5.03. The minimum Gasteiger partial charge on any atom is -0.373 e. The van der Waals surface area contributed by atoms with Crippen LogP contribution in [-0.2, 0) is 4.74 Å². The first-order chi connectivity index (χ1) is 11.2. The van der Waals surface area contributed by atoms with Gasteiger partial charge in [-0.3, -0.25) is 0 Å². The summed E-state index contributed by atoms with van der Waals surface area (Å²) in [6, 6.07) is 11.8. The van der Waals surface area contributed by atoms with E-state index in [4.69, 9.17) is 4.74 Å². The molecule has 1 N–H and O–H groups in total. The predicted octanol–water partition coefficient (Wildman–Crippen LogP) is 4.46. The summed E-state index contributed by atoms with van der Waals surface area (Å²) in [5, 5.41) is 3.47. The summed E-state index contributed by atoms with van der Waals surface area (Å²) in [6.07, 6.45) is 2.05. The molecule has 1 fully saturated rings. The Bertz CT molecular complexity index is 635. The molecular weight excluding hydrogens is 296 g/mol. The van der Waals surface area contributed by atoms with Crippen LogP contribution in [-0.4, -0.2) is 19.2 Å². The topological polar surface area (TPSA) is 21.3 Å². The first kappa shape index (κ1) is 16.1. The van der Waals surface area contributed by atoms with Crippen molar-refractivity contribution >= 4 is 0 Å². The number of hydrogen-bond donors (Lipinski definition) is 1. The maximum Gasteiger partial charge on any atom is 0.126 e. The lowest BCUT2D eigenvalue weighted by Crippen LogP contribution is -2.35. The molecule has 2 atom stereocenters. The Labute approximate surface area is 135 Å². The van der Waals surface area contributed by atoms with Crippen LogP contribution in [0.15, 0.2) is 42.5 Å². The second-order valence-electron chi connectivity index (χ2n) is 5.92. The molecule has 0 amide bonds. The second kappa shape index (κ2) is 7.20. The highest BCUT2D eigenvalue weighted by Crippen LogP contribution is 2.30. The third-order valence-electron chi connectivity index (χ3n) is 4.26. The molecule has 2 aromatic carbocycles. The van der Waals surface area contributed by atoms with Crippen LogP contribution in [0.4, 0.5) is 8.78 Å². The molecule has 1 aliphatic rings. The lowest BCUT2D eigenvalue weighted by atomic mass is 9.95. The van der Waals surface area contributed by atoms with Crippen LogP contribution in [0.2, 0.25) is 0 Å². The van der Waals surface area contributed by atoms with Crippen molar-refractivity contribution in [2.45, 2.75) is 31.9 Å². The van der Waals surface area contributed by atoms with E-state index >= 15 is 0 Å². The maximum absolute atomic E-state index is 13.3. The fourth-order valence-electron chi connectivity index (χ4n) is 3.11. The zero-order valence-electron chi connectivity index (χ0n) is 13.2. The summed E-state index contributed by atoms with van der Waals surface area (Å²) < 4.78 is 32.5. The van der Waals surface area contributed by atoms with E-state index in [2.05, 4.69) is 12.2 Å². The zero-order chi connectivity index (χ0) is 16.2. The lowest BCUT2D eigenvalue weighted by Gasteiger charge is -2.30. The highest BCUT2D eigenvalue weighted by Gasteiger charge is 2.23. The van der Waals surface area contributed by atoms with Gasteiger partial charge in [0.15, 0.2) is 0 Å². The van der Waals surface area contributed by atoms with E-state index < -0.39 is 11.6 Å². The summed E-state index contributed by atoms with van der Waals surface area (Å²) in [4.78, 5) is 0. The van der Waals surface area contributed by atoms with E-state index in [9.17, 15) is 8.78 Å². The summed E-state index contributed by atoms with van der Waals surface area (Å²) in [5.41, 5.74) is 2.45. The first-order valence-electron chi connectivity index (χ1n) is 8.07. The molecule has 3 rings (SSSR count). The van der Waals surface area contributed by atoms with Crippen LogP contribution in [0.25, 0.3) is 11.1 Å². The normalized spacial score (nSPS) is 21.3. The van der Waals surface area contributed by atoms with E-state index in [1.54, 1.807) is 0 Å². The van der Waals surface area contributed by atoms with E-state index in [-0.39, 0.29) is 6.10 Å². The molecule has 1 aliphatic heterocycles. The van der Waals surface area contributed by atoms with Gasteiger partial charge in [0.05, 0.1) is 6.10 Å². The van der Waals surface area contributed by atoms with Gasteiger partial charge >= 0.3 is 0 Å². The summed E-state index contributed by atoms with van der Waals surface area (Å²) >= 11 is 0. The van der Waals surface area contributed by atoms with Crippen molar-refractivity contribution < 1.29 is 13.5 Å². The van der Waals surface area contributed by atoms with Crippen molar-refractivity contribution in [2.75, 3.05) is 13.2 Å². The molecule has 0 saturated carbocycles. The van der Waals surface area contributed by atoms with E-state index in [1.165, 1.54) is 12.1 Å². The number of benzene rings is 2. The molecule has 2 nitrogen and oxygen atoms in total. The van der Waals surface area contributed by atoms with Gasteiger partial charge in [-0.05, 0) is 48.2 Å². The van der Waals surface area contributed by atoms with Crippen molar-refractivity contribution in [3.63, 3.8) is 0 Å². The standard InChI is InChI=1S/C19H21F2NO/c1-2-22-18-7-8-23-19(12-18)14-5-3-13(4-6-14)15-9-16(20)11-17(21)10-15/h3-6,9-11,18-19,22H,2,7-8,12H2,1H3. The Morgan fingerprint density at radius 3 is 2.39 bits per heavy atom. The van der Waals surface area contributed by atoms with Crippen molar-refractivity contribution in [3.8, 4) is 11.1 Å². The SMILES string of the molecule is CCNC1CCOC(c2ccc(-c3cc(F)cc(F)c3)cc2)C1. The molecule has 2 aromatic rings. The van der Waals surface area contributed by atoms with E-state index in [1.807, 2.05) is 24.3 Å². The number of nitrogens with one attached hydrogen (secondary N) is 1. The minimum atomic E-state index is -0.562. The van der Waals surface area contributed by atoms with Crippen molar-refractivity contribution in [1.82, 2.24) is 5.32 Å². The van der Waals surface area contributed by atoms with Crippen molar-refractivity contribution in [2.24, 2.45) is 0 Å². The van der Waals surface area contributed by atoms with Gasteiger partial charge in [-0.2, -0.15) is 0 Å². The van der Waals surface area contributed by atoms with Gasteiger partial charge in [-0.25, -0.2) is 8.78 Å². The Morgan fingerprint density at radius 2 is 1.74 bits per heavy atom. The van der Waals surface area contributed by atoms with Gasteiger partial charge in [0, 0.05) is 18.7 Å². The molecule has 0 aliphatic carbocycles. The van der Waals surface area contributed by atoms with Crippen LogP contribution >= 0.6 is 0 Å². The van der Waals surface area contributed by atoms with Gasteiger partial charge in [0.25, 0.3) is 0 Å². The molecule has 0 spiro atoms. The van der Waals surface area contributed by atoms with Crippen LogP contribution < -0.4 is 5.32 Å². The molecule has 0 bridgehead atoms. The smallest absolute Gasteiger partial charge is 0.126 e. The van der Waals surface area contributed by atoms with Gasteiger partial charge in [-0.1, -0.05) is 31.2 Å². The number of ether oxygens (including phenoxy) is 1. The average molecular weight is 317 g/mol. The third-order valence-corrected chi connectivity index (χ3v) is 4.26. The zero-order valence-corrected chi connectivity index (χ0v) is 13.2. The maximum atomic E-state index is 13.3. The summed E-state index contributed by atoms with van der Waals surface area (Å²) in [7, 11) is 0. The molecule has 1 heterocycles. The second-order valence-corrected chi connectivity index (χ2v) is 5.92. The molecule has 122 valence electrons. The van der Waals surface area contributed by atoms with E-state index in [0.717, 1.165) is 43.2 Å². The van der Waals surface area contributed by atoms with Crippen LogP contribution in [0.1, 0.15) is 31.4 Å². The highest BCUT2D eigenvalue weighted by molar-refractivity contribution is 5.63. The van der Waals surface area contributed by atoms with Crippen molar-refractivity contribution in [3.05, 3.63) is 59.7 Å². The van der Waals surface area contributed by atoms with Crippen LogP contribution in [0.3, 0.4) is 0 Å². The number of halogens is 2. The largest absolute Gasteiger partial charge is 0.373 e. The van der Waals surface area contributed by atoms with Gasteiger partial charge in [-0.15, -0.1) is 0 Å². The average Bonchev–Trinajstić information content (AvgIpc) is 2.55. The summed E-state index contributed by atoms with van der Waals surface area (Å²) in [5.74, 6) is -1.12. The minimum absolute atomic E-state index is 0.0751. The fraction of sp³-hybridized carbons (Fsp3) is 0.368. The first-order valence-corrected chi connectivity index (χ1v) is 8.07. The molecule has 4 heteroatoms. The quantitative estimate of drug-likeness (QED) is 0.899. The lowest BCUT2D eigenvalue weighted by molar-refractivity contribution is 0.000602. The van der Waals surface area contributed by atoms with Gasteiger partial charge in [0.1, 0.15) is 11.6 Å². The van der Waals surface area contributed by atoms with Gasteiger partial charge in [0.2, 0.25) is 0 Å². The van der Waals surface area contributed by atoms with E-state index in [0.29, 0.717) is 11.6 Å². The third kappa shape index (κ3) is 3.95. The molecule has 0 aromatic heterocycles. The fourth-order valence-corrected chi connectivity index (χ4v) is 3.11. The molecule has 23 heavy (non-hydrogen) atoms. The monoisotopic (exact) mass is 317 g/mol. The summed E-state index contributed by atoms with van der Waals surface area (Å²) in [6.45, 7) is 3.82. The van der Waals surface area contributed by atoms with Crippen LogP contribution in [0, 0.1) is 11.6 Å². The Morgan fingerprint density at radius 1 is 1.04 bits per heavy atom. The Hall–Kier alpha value is -1.78. The van der Waals surface area contributed by atoms with Crippen LogP contribution in [0.5, 0.6) is 0 Å². The number of hydrogen-bond acceptors (Lipinski definition) is 2.